The minimum Gasteiger partial charge on any atom is -0.299 e. The first kappa shape index (κ1) is 26.3. The number of aryl methyl sites for hydroxylation is 3. The summed E-state index contributed by atoms with van der Waals surface area (Å²) >= 11 is 0. The molecule has 3 rings (SSSR count). The number of pyridine rings is 1. The third kappa shape index (κ3) is 7.90. The van der Waals surface area contributed by atoms with E-state index >= 15 is 0 Å². The van der Waals surface area contributed by atoms with Crippen molar-refractivity contribution in [2.75, 3.05) is 11.0 Å². The SMILES string of the molecule is Cc1ccc(CCC(=O)C(C)c2ccc(NS(C)(=O)=O)c(F)c2)c(CCCC2CCCCC2)n1. The number of nitrogens with zero attached hydrogens (tertiary/aromatic N) is 1. The van der Waals surface area contributed by atoms with Crippen LogP contribution in [0.2, 0.25) is 0 Å². The van der Waals surface area contributed by atoms with E-state index in [0.717, 1.165) is 42.0 Å². The molecule has 0 saturated heterocycles. The molecule has 1 aliphatic rings. The van der Waals surface area contributed by atoms with Crippen LogP contribution < -0.4 is 4.72 Å². The van der Waals surface area contributed by atoms with Crippen molar-refractivity contribution in [2.24, 2.45) is 5.92 Å². The van der Waals surface area contributed by atoms with Crippen molar-refractivity contribution >= 4 is 21.5 Å². The van der Waals surface area contributed by atoms with E-state index in [4.69, 9.17) is 4.98 Å². The Morgan fingerprint density at radius 3 is 2.56 bits per heavy atom. The minimum absolute atomic E-state index is 0.0250. The molecule has 1 atom stereocenters. The van der Waals surface area contributed by atoms with Crippen molar-refractivity contribution in [3.05, 3.63) is 58.7 Å². The van der Waals surface area contributed by atoms with Crippen LogP contribution in [-0.2, 0) is 27.7 Å². The number of rotatable bonds is 11. The van der Waals surface area contributed by atoms with Gasteiger partial charge in [-0.15, -0.1) is 0 Å². The highest BCUT2D eigenvalue weighted by Crippen LogP contribution is 2.28. The van der Waals surface area contributed by atoms with Crippen LogP contribution in [0.3, 0.4) is 0 Å². The summed E-state index contributed by atoms with van der Waals surface area (Å²) in [6, 6.07) is 8.28. The summed E-state index contributed by atoms with van der Waals surface area (Å²) in [7, 11) is -3.57. The second-order valence-electron chi connectivity index (χ2n) is 9.76. The highest BCUT2D eigenvalue weighted by molar-refractivity contribution is 7.92. The van der Waals surface area contributed by atoms with Gasteiger partial charge in [-0.05, 0) is 61.4 Å². The molecule has 5 nitrogen and oxygen atoms in total. The molecule has 0 aliphatic heterocycles. The maximum Gasteiger partial charge on any atom is 0.229 e. The molecule has 1 aromatic carbocycles. The highest BCUT2D eigenvalue weighted by Gasteiger charge is 2.19. The summed E-state index contributed by atoms with van der Waals surface area (Å²) in [4.78, 5) is 17.7. The monoisotopic (exact) mass is 488 g/mol. The summed E-state index contributed by atoms with van der Waals surface area (Å²) in [5, 5.41) is 0. The average Bonchev–Trinajstić information content (AvgIpc) is 2.79. The van der Waals surface area contributed by atoms with E-state index in [-0.39, 0.29) is 11.5 Å². The summed E-state index contributed by atoms with van der Waals surface area (Å²) in [5.41, 5.74) is 3.63. The van der Waals surface area contributed by atoms with E-state index in [0.29, 0.717) is 18.4 Å². The number of benzene rings is 1. The zero-order valence-electron chi connectivity index (χ0n) is 20.6. The van der Waals surface area contributed by atoms with Crippen LogP contribution in [0, 0.1) is 18.7 Å². The van der Waals surface area contributed by atoms with Crippen molar-refractivity contribution < 1.29 is 17.6 Å². The van der Waals surface area contributed by atoms with E-state index in [1.165, 1.54) is 50.7 Å². The van der Waals surface area contributed by atoms with Gasteiger partial charge in [0.1, 0.15) is 11.6 Å². The van der Waals surface area contributed by atoms with Gasteiger partial charge in [-0.3, -0.25) is 14.5 Å². The second kappa shape index (κ2) is 11.9. The molecule has 0 amide bonds. The van der Waals surface area contributed by atoms with Gasteiger partial charge in [0.25, 0.3) is 0 Å². The van der Waals surface area contributed by atoms with Crippen molar-refractivity contribution in [3.63, 3.8) is 0 Å². The summed E-state index contributed by atoms with van der Waals surface area (Å²) in [6.07, 6.45) is 12.1. The Labute approximate surface area is 203 Å². The first-order valence-corrected chi connectivity index (χ1v) is 14.3. The standard InChI is InChI=1S/C27H37FN2O3S/c1-19-12-13-22(25(29-19)11-7-10-21-8-5-4-6-9-21)15-17-27(31)20(2)23-14-16-26(24(28)18-23)30-34(3,32)33/h12-14,16,18,20-21,30H,4-11,15,17H2,1-3H3. The average molecular weight is 489 g/mol. The lowest BCUT2D eigenvalue weighted by Gasteiger charge is -2.21. The van der Waals surface area contributed by atoms with Gasteiger partial charge in [-0.2, -0.15) is 0 Å². The van der Waals surface area contributed by atoms with Crippen LogP contribution in [0.15, 0.2) is 30.3 Å². The molecule has 34 heavy (non-hydrogen) atoms. The van der Waals surface area contributed by atoms with E-state index < -0.39 is 21.8 Å². The van der Waals surface area contributed by atoms with E-state index in [1.807, 2.05) is 13.0 Å². The van der Waals surface area contributed by atoms with Crippen LogP contribution in [0.4, 0.5) is 10.1 Å². The predicted molar refractivity (Wildman–Crippen MR) is 135 cm³/mol. The summed E-state index contributed by atoms with van der Waals surface area (Å²) in [5.74, 6) is -0.290. The number of sulfonamides is 1. The van der Waals surface area contributed by atoms with E-state index in [9.17, 15) is 17.6 Å². The fraction of sp³-hybridized carbons (Fsp3) is 0.556. The van der Waals surface area contributed by atoms with Crippen LogP contribution >= 0.6 is 0 Å². The smallest absolute Gasteiger partial charge is 0.229 e. The van der Waals surface area contributed by atoms with Crippen molar-refractivity contribution in [1.29, 1.82) is 0 Å². The molecular weight excluding hydrogens is 451 g/mol. The molecule has 1 unspecified atom stereocenters. The first-order valence-electron chi connectivity index (χ1n) is 12.4. The molecule has 0 radical (unpaired) electrons. The largest absolute Gasteiger partial charge is 0.299 e. The number of aromatic nitrogens is 1. The fourth-order valence-electron chi connectivity index (χ4n) is 4.86. The van der Waals surface area contributed by atoms with Gasteiger partial charge in [-0.25, -0.2) is 12.8 Å². The minimum atomic E-state index is -3.57. The topological polar surface area (TPSA) is 76.1 Å². The molecule has 0 bridgehead atoms. The molecule has 1 aromatic heterocycles. The maximum atomic E-state index is 14.4. The van der Waals surface area contributed by atoms with Gasteiger partial charge in [-0.1, -0.05) is 57.6 Å². The van der Waals surface area contributed by atoms with E-state index in [2.05, 4.69) is 10.8 Å². The third-order valence-corrected chi connectivity index (χ3v) is 7.46. The van der Waals surface area contributed by atoms with Crippen molar-refractivity contribution in [2.45, 2.75) is 84.0 Å². The number of ketones is 1. The number of hydrogen-bond donors (Lipinski definition) is 1. The van der Waals surface area contributed by atoms with Crippen LogP contribution in [-0.4, -0.2) is 25.4 Å². The van der Waals surface area contributed by atoms with E-state index in [1.54, 1.807) is 13.0 Å². The molecule has 1 N–H and O–H groups in total. The molecule has 0 spiro atoms. The van der Waals surface area contributed by atoms with Gasteiger partial charge < -0.3 is 0 Å². The highest BCUT2D eigenvalue weighted by atomic mass is 32.2. The van der Waals surface area contributed by atoms with Gasteiger partial charge in [0.05, 0.1) is 11.9 Å². The van der Waals surface area contributed by atoms with Crippen LogP contribution in [0.1, 0.15) is 86.7 Å². The zero-order valence-corrected chi connectivity index (χ0v) is 21.4. The third-order valence-electron chi connectivity index (χ3n) is 6.87. The Morgan fingerprint density at radius 2 is 1.88 bits per heavy atom. The molecule has 1 heterocycles. The summed E-state index contributed by atoms with van der Waals surface area (Å²) < 4.78 is 39.2. The molecule has 1 fully saturated rings. The molecular formula is C27H37FN2O3S. The zero-order chi connectivity index (χ0) is 24.7. The maximum absolute atomic E-state index is 14.4. The lowest BCUT2D eigenvalue weighted by Crippen LogP contribution is -2.13. The molecule has 186 valence electrons. The Morgan fingerprint density at radius 1 is 1.15 bits per heavy atom. The lowest BCUT2D eigenvalue weighted by molar-refractivity contribution is -0.120. The van der Waals surface area contributed by atoms with Crippen LogP contribution in [0.25, 0.3) is 0 Å². The predicted octanol–water partition coefficient (Wildman–Crippen LogP) is 6.11. The summed E-state index contributed by atoms with van der Waals surface area (Å²) in [6.45, 7) is 3.76. The second-order valence-corrected chi connectivity index (χ2v) is 11.5. The number of halogens is 1. The molecule has 1 saturated carbocycles. The van der Waals surface area contributed by atoms with Gasteiger partial charge >= 0.3 is 0 Å². The van der Waals surface area contributed by atoms with Gasteiger partial charge in [0, 0.05) is 23.7 Å². The van der Waals surface area contributed by atoms with Gasteiger partial charge in [0.2, 0.25) is 10.0 Å². The Bertz CT molecular complexity index is 1100. The Kier molecular flexibility index (Phi) is 9.23. The quantitative estimate of drug-likeness (QED) is 0.414. The number of anilines is 1. The normalized spacial score (nSPS) is 15.8. The van der Waals surface area contributed by atoms with Crippen molar-refractivity contribution in [3.8, 4) is 0 Å². The van der Waals surface area contributed by atoms with Crippen molar-refractivity contribution in [1.82, 2.24) is 4.98 Å². The lowest BCUT2D eigenvalue weighted by atomic mass is 9.85. The molecule has 7 heteroatoms. The Hall–Kier alpha value is -2.28. The Balaban J connectivity index is 1.58. The molecule has 1 aliphatic carbocycles. The fourth-order valence-corrected chi connectivity index (χ4v) is 5.43. The number of carbonyl (C=O) groups excluding carboxylic acids is 1. The van der Waals surface area contributed by atoms with Gasteiger partial charge in [0.15, 0.2) is 0 Å². The number of nitrogens with one attached hydrogen (secondary N) is 1. The number of hydrogen-bond acceptors (Lipinski definition) is 4. The van der Waals surface area contributed by atoms with Crippen LogP contribution in [0.5, 0.6) is 0 Å². The molecule has 2 aromatic rings. The number of Topliss-reactive ketones (excluding diaryl/α,β-unsaturated/α-hetero) is 1. The first-order chi connectivity index (χ1) is 16.1. The number of carbonyl (C=O) groups is 1.